The molecule has 0 spiro atoms. The SMILES string of the molecule is CC(C)CNC(=O)c1noc(C(C)(C)N)n1. The van der Waals surface area contributed by atoms with Crippen molar-refractivity contribution in [3.63, 3.8) is 0 Å². The average Bonchev–Trinajstić information content (AvgIpc) is 2.61. The number of carbonyl (C=O) groups is 1. The minimum absolute atomic E-state index is 0.0224. The van der Waals surface area contributed by atoms with Gasteiger partial charge in [-0.1, -0.05) is 19.0 Å². The van der Waals surface area contributed by atoms with E-state index in [0.717, 1.165) is 0 Å². The van der Waals surface area contributed by atoms with E-state index >= 15 is 0 Å². The second-order valence-electron chi connectivity index (χ2n) is 4.75. The van der Waals surface area contributed by atoms with Crippen LogP contribution in [0.15, 0.2) is 4.52 Å². The Hall–Kier alpha value is -1.43. The standard InChI is InChI=1S/C10H18N4O2/c1-6(2)5-12-8(15)7-13-9(16-14-7)10(3,4)11/h6H,5,11H2,1-4H3,(H,12,15). The Morgan fingerprint density at radius 1 is 1.56 bits per heavy atom. The number of nitrogens with two attached hydrogens (primary N) is 1. The summed E-state index contributed by atoms with van der Waals surface area (Å²) in [6.45, 7) is 8.05. The number of nitrogens with one attached hydrogen (secondary N) is 1. The van der Waals surface area contributed by atoms with Crippen LogP contribution in [0.2, 0.25) is 0 Å². The molecule has 1 heterocycles. The van der Waals surface area contributed by atoms with E-state index in [1.54, 1.807) is 13.8 Å². The predicted octanol–water partition coefficient (Wildman–Crippen LogP) is 0.649. The second kappa shape index (κ2) is 4.61. The molecule has 0 atom stereocenters. The van der Waals surface area contributed by atoms with Gasteiger partial charge in [0.1, 0.15) is 0 Å². The lowest BCUT2D eigenvalue weighted by Gasteiger charge is -2.10. The highest BCUT2D eigenvalue weighted by molar-refractivity contribution is 5.90. The summed E-state index contributed by atoms with van der Waals surface area (Å²) in [5.41, 5.74) is 5.03. The molecule has 0 fully saturated rings. The van der Waals surface area contributed by atoms with Gasteiger partial charge < -0.3 is 15.6 Å². The molecule has 1 aromatic rings. The maximum absolute atomic E-state index is 11.6. The highest BCUT2D eigenvalue weighted by Gasteiger charge is 2.24. The monoisotopic (exact) mass is 226 g/mol. The van der Waals surface area contributed by atoms with Crippen LogP contribution >= 0.6 is 0 Å². The maximum Gasteiger partial charge on any atom is 0.292 e. The number of amides is 1. The number of rotatable bonds is 4. The van der Waals surface area contributed by atoms with Crippen molar-refractivity contribution in [1.29, 1.82) is 0 Å². The zero-order valence-electron chi connectivity index (χ0n) is 10.1. The first kappa shape index (κ1) is 12.6. The third-order valence-corrected chi connectivity index (χ3v) is 1.85. The van der Waals surface area contributed by atoms with E-state index in [1.165, 1.54) is 0 Å². The molecule has 6 heteroatoms. The summed E-state index contributed by atoms with van der Waals surface area (Å²) < 4.78 is 4.91. The molecule has 0 aliphatic heterocycles. The minimum Gasteiger partial charge on any atom is -0.349 e. The molecule has 6 nitrogen and oxygen atoms in total. The normalized spacial score (nSPS) is 11.9. The molecule has 0 bridgehead atoms. The molecule has 16 heavy (non-hydrogen) atoms. The quantitative estimate of drug-likeness (QED) is 0.786. The molecule has 0 saturated carbocycles. The van der Waals surface area contributed by atoms with Gasteiger partial charge in [0.25, 0.3) is 11.7 Å². The molecular formula is C10H18N4O2. The van der Waals surface area contributed by atoms with Gasteiger partial charge >= 0.3 is 0 Å². The molecule has 1 aromatic heterocycles. The van der Waals surface area contributed by atoms with Crippen LogP contribution in [0.3, 0.4) is 0 Å². The summed E-state index contributed by atoms with van der Waals surface area (Å²) in [4.78, 5) is 15.5. The molecule has 1 rings (SSSR count). The molecule has 0 unspecified atom stereocenters. The summed E-state index contributed by atoms with van der Waals surface area (Å²) in [5, 5.41) is 6.28. The summed E-state index contributed by atoms with van der Waals surface area (Å²) in [5.74, 6) is 0.311. The van der Waals surface area contributed by atoms with Gasteiger partial charge in [-0.2, -0.15) is 4.98 Å². The van der Waals surface area contributed by atoms with Crippen LogP contribution in [0, 0.1) is 5.92 Å². The van der Waals surface area contributed by atoms with Crippen molar-refractivity contribution in [2.75, 3.05) is 6.54 Å². The van der Waals surface area contributed by atoms with Gasteiger partial charge in [-0.15, -0.1) is 0 Å². The Morgan fingerprint density at radius 3 is 2.62 bits per heavy atom. The Bertz CT molecular complexity index is 365. The molecular weight excluding hydrogens is 208 g/mol. The van der Waals surface area contributed by atoms with Gasteiger partial charge in [-0.3, -0.25) is 4.79 Å². The number of hydrogen-bond acceptors (Lipinski definition) is 5. The van der Waals surface area contributed by atoms with Crippen molar-refractivity contribution in [3.8, 4) is 0 Å². The number of carbonyl (C=O) groups excluding carboxylic acids is 1. The average molecular weight is 226 g/mol. The van der Waals surface area contributed by atoms with E-state index in [4.69, 9.17) is 10.3 Å². The van der Waals surface area contributed by atoms with Crippen LogP contribution < -0.4 is 11.1 Å². The molecule has 0 aliphatic carbocycles. The second-order valence-corrected chi connectivity index (χ2v) is 4.75. The summed E-state index contributed by atoms with van der Waals surface area (Å²) in [7, 11) is 0. The lowest BCUT2D eigenvalue weighted by atomic mass is 10.1. The molecule has 0 radical (unpaired) electrons. The molecule has 90 valence electrons. The van der Waals surface area contributed by atoms with Crippen LogP contribution in [-0.4, -0.2) is 22.6 Å². The molecule has 0 saturated heterocycles. The van der Waals surface area contributed by atoms with E-state index in [9.17, 15) is 4.79 Å². The van der Waals surface area contributed by atoms with Crippen molar-refractivity contribution in [1.82, 2.24) is 15.5 Å². The van der Waals surface area contributed by atoms with Gasteiger partial charge in [-0.05, 0) is 19.8 Å². The van der Waals surface area contributed by atoms with Gasteiger partial charge in [0.15, 0.2) is 0 Å². The minimum atomic E-state index is -0.733. The van der Waals surface area contributed by atoms with Gasteiger partial charge in [0, 0.05) is 6.54 Å². The van der Waals surface area contributed by atoms with E-state index in [1.807, 2.05) is 13.8 Å². The van der Waals surface area contributed by atoms with E-state index in [0.29, 0.717) is 12.5 Å². The smallest absolute Gasteiger partial charge is 0.292 e. The van der Waals surface area contributed by atoms with Crippen molar-refractivity contribution in [2.45, 2.75) is 33.2 Å². The third kappa shape index (κ3) is 3.30. The lowest BCUT2D eigenvalue weighted by molar-refractivity contribution is 0.0935. The lowest BCUT2D eigenvalue weighted by Crippen LogP contribution is -2.30. The fraction of sp³-hybridized carbons (Fsp3) is 0.700. The number of aromatic nitrogens is 2. The maximum atomic E-state index is 11.6. The predicted molar refractivity (Wildman–Crippen MR) is 58.7 cm³/mol. The number of nitrogens with zero attached hydrogens (tertiary/aromatic N) is 2. The van der Waals surface area contributed by atoms with Crippen molar-refractivity contribution in [2.24, 2.45) is 11.7 Å². The number of hydrogen-bond donors (Lipinski definition) is 2. The Balaban J connectivity index is 2.67. The Morgan fingerprint density at radius 2 is 2.19 bits per heavy atom. The van der Waals surface area contributed by atoms with E-state index in [2.05, 4.69) is 15.5 Å². The fourth-order valence-corrected chi connectivity index (χ4v) is 0.953. The van der Waals surface area contributed by atoms with Crippen LogP contribution in [0.1, 0.15) is 44.2 Å². The van der Waals surface area contributed by atoms with Gasteiger partial charge in [0.2, 0.25) is 5.89 Å². The summed E-state index contributed by atoms with van der Waals surface area (Å²) >= 11 is 0. The van der Waals surface area contributed by atoms with Gasteiger partial charge in [-0.25, -0.2) is 0 Å². The Labute approximate surface area is 94.6 Å². The molecule has 0 aliphatic rings. The highest BCUT2D eigenvalue weighted by atomic mass is 16.5. The first-order valence-corrected chi connectivity index (χ1v) is 5.22. The summed E-state index contributed by atoms with van der Waals surface area (Å²) in [6.07, 6.45) is 0. The summed E-state index contributed by atoms with van der Waals surface area (Å²) in [6, 6.07) is 0. The highest BCUT2D eigenvalue weighted by Crippen LogP contribution is 2.13. The molecule has 1 amide bonds. The van der Waals surface area contributed by atoms with Crippen molar-refractivity contribution >= 4 is 5.91 Å². The van der Waals surface area contributed by atoms with Crippen LogP contribution in [0.25, 0.3) is 0 Å². The van der Waals surface area contributed by atoms with Crippen LogP contribution in [-0.2, 0) is 5.54 Å². The first-order chi connectivity index (χ1) is 7.30. The fourth-order valence-electron chi connectivity index (χ4n) is 0.953. The topological polar surface area (TPSA) is 94.0 Å². The zero-order valence-corrected chi connectivity index (χ0v) is 10.1. The van der Waals surface area contributed by atoms with Crippen molar-refractivity contribution in [3.05, 3.63) is 11.7 Å². The Kier molecular flexibility index (Phi) is 3.64. The van der Waals surface area contributed by atoms with E-state index in [-0.39, 0.29) is 17.6 Å². The zero-order chi connectivity index (χ0) is 12.3. The molecule has 3 N–H and O–H groups in total. The van der Waals surface area contributed by atoms with Crippen LogP contribution in [0.4, 0.5) is 0 Å². The largest absolute Gasteiger partial charge is 0.349 e. The van der Waals surface area contributed by atoms with Crippen molar-refractivity contribution < 1.29 is 9.32 Å². The van der Waals surface area contributed by atoms with Crippen LogP contribution in [0.5, 0.6) is 0 Å². The van der Waals surface area contributed by atoms with E-state index < -0.39 is 5.54 Å². The van der Waals surface area contributed by atoms with Gasteiger partial charge in [0.05, 0.1) is 5.54 Å². The first-order valence-electron chi connectivity index (χ1n) is 5.22. The molecule has 0 aromatic carbocycles. The third-order valence-electron chi connectivity index (χ3n) is 1.85.